The Bertz CT molecular complexity index is 454. The number of nitrogens with one attached hydrogen (secondary N) is 1. The normalized spacial score (nSPS) is 19.6. The number of rotatable bonds is 3. The summed E-state index contributed by atoms with van der Waals surface area (Å²) < 4.78 is 5.16. The molecule has 0 aromatic carbocycles. The van der Waals surface area contributed by atoms with E-state index in [9.17, 15) is 0 Å². The van der Waals surface area contributed by atoms with Crippen molar-refractivity contribution in [3.8, 4) is 0 Å². The Kier molecular flexibility index (Phi) is 4.23. The molecule has 1 aromatic heterocycles. The van der Waals surface area contributed by atoms with Gasteiger partial charge in [0.1, 0.15) is 5.76 Å². The molecule has 4 nitrogen and oxygen atoms in total. The molecule has 0 saturated heterocycles. The summed E-state index contributed by atoms with van der Waals surface area (Å²) in [6.07, 6.45) is 1.19. The van der Waals surface area contributed by atoms with Crippen molar-refractivity contribution >= 4 is 16.9 Å². The zero-order chi connectivity index (χ0) is 14.0. The van der Waals surface area contributed by atoms with Crippen molar-refractivity contribution in [2.24, 2.45) is 10.4 Å². The van der Waals surface area contributed by atoms with E-state index in [1.807, 2.05) is 25.6 Å². The summed E-state index contributed by atoms with van der Waals surface area (Å²) >= 11 is 1.86. The zero-order valence-corrected chi connectivity index (χ0v) is 13.2. The van der Waals surface area contributed by atoms with Crippen LogP contribution in [0.4, 0.5) is 0 Å². The van der Waals surface area contributed by atoms with E-state index < -0.39 is 0 Å². The fraction of sp³-hybridized carbons (Fsp3) is 0.714. The molecule has 1 atom stereocenters. The van der Waals surface area contributed by atoms with Gasteiger partial charge in [-0.2, -0.15) is 0 Å². The number of aromatic nitrogens is 1. The molecule has 0 saturated carbocycles. The van der Waals surface area contributed by atoms with E-state index >= 15 is 0 Å². The van der Waals surface area contributed by atoms with Crippen LogP contribution in [0.2, 0.25) is 0 Å². The van der Waals surface area contributed by atoms with Gasteiger partial charge in [0, 0.05) is 17.4 Å². The van der Waals surface area contributed by atoms with Gasteiger partial charge in [-0.05, 0) is 25.7 Å². The van der Waals surface area contributed by atoms with Gasteiger partial charge in [0.2, 0.25) is 0 Å². The van der Waals surface area contributed by atoms with Gasteiger partial charge in [-0.25, -0.2) is 0 Å². The van der Waals surface area contributed by atoms with Crippen LogP contribution in [0.25, 0.3) is 0 Å². The maximum atomic E-state index is 5.16. The predicted octanol–water partition coefficient (Wildman–Crippen LogP) is 3.29. The first-order chi connectivity index (χ1) is 8.85. The Labute approximate surface area is 119 Å². The van der Waals surface area contributed by atoms with Crippen molar-refractivity contribution in [2.45, 2.75) is 52.8 Å². The van der Waals surface area contributed by atoms with Crippen molar-refractivity contribution < 1.29 is 4.52 Å². The Morgan fingerprint density at radius 3 is 2.68 bits per heavy atom. The predicted molar refractivity (Wildman–Crippen MR) is 80.6 cm³/mol. The highest BCUT2D eigenvalue weighted by Crippen LogP contribution is 2.31. The highest BCUT2D eigenvalue weighted by atomic mass is 32.2. The minimum atomic E-state index is 0.365. The van der Waals surface area contributed by atoms with Gasteiger partial charge in [-0.15, -0.1) is 0 Å². The fourth-order valence-corrected chi connectivity index (χ4v) is 3.57. The maximum absolute atomic E-state index is 5.16. The van der Waals surface area contributed by atoms with E-state index in [0.717, 1.165) is 35.3 Å². The van der Waals surface area contributed by atoms with Crippen LogP contribution >= 0.6 is 11.8 Å². The lowest BCUT2D eigenvalue weighted by Gasteiger charge is -2.21. The van der Waals surface area contributed by atoms with E-state index in [1.54, 1.807) is 0 Å². The number of hydrogen-bond acceptors (Lipinski definition) is 5. The molecule has 2 rings (SSSR count). The van der Waals surface area contributed by atoms with Crippen LogP contribution in [0.15, 0.2) is 9.52 Å². The number of aryl methyl sites for hydroxylation is 2. The van der Waals surface area contributed by atoms with E-state index in [-0.39, 0.29) is 0 Å². The molecule has 106 valence electrons. The van der Waals surface area contributed by atoms with Crippen LogP contribution in [-0.2, 0) is 6.54 Å². The van der Waals surface area contributed by atoms with Gasteiger partial charge in [0.15, 0.2) is 5.17 Å². The Hall–Kier alpha value is -0.970. The molecule has 1 aliphatic heterocycles. The molecule has 0 fully saturated rings. The van der Waals surface area contributed by atoms with Crippen molar-refractivity contribution in [3.05, 3.63) is 17.0 Å². The van der Waals surface area contributed by atoms with E-state index in [4.69, 9.17) is 4.52 Å². The molecule has 0 radical (unpaired) electrons. The molecule has 1 unspecified atom stereocenters. The summed E-state index contributed by atoms with van der Waals surface area (Å²) in [6, 6.07) is 0. The Morgan fingerprint density at radius 2 is 2.11 bits per heavy atom. The molecule has 0 spiro atoms. The van der Waals surface area contributed by atoms with Crippen molar-refractivity contribution in [1.29, 1.82) is 0 Å². The number of aliphatic imine (C=N–C) groups is 1. The summed E-state index contributed by atoms with van der Waals surface area (Å²) in [5, 5.41) is 9.01. The van der Waals surface area contributed by atoms with Crippen LogP contribution < -0.4 is 5.32 Å². The van der Waals surface area contributed by atoms with Crippen LogP contribution in [0.1, 0.15) is 44.2 Å². The van der Waals surface area contributed by atoms with Gasteiger partial charge >= 0.3 is 0 Å². The van der Waals surface area contributed by atoms with E-state index in [2.05, 4.69) is 36.2 Å². The highest BCUT2D eigenvalue weighted by Gasteiger charge is 2.25. The molecule has 0 amide bonds. The van der Waals surface area contributed by atoms with Crippen molar-refractivity contribution in [1.82, 2.24) is 10.5 Å². The standard InChI is InChI=1S/C14H23N3OS/c1-9-12(10(2)18-17-9)8-16-13-15-7-11(19-13)6-14(3,4)5/h11H,6-8H2,1-5H3,(H,15,16). The molecule has 5 heteroatoms. The van der Waals surface area contributed by atoms with Crippen LogP contribution in [-0.4, -0.2) is 22.1 Å². The topological polar surface area (TPSA) is 50.4 Å². The molecule has 19 heavy (non-hydrogen) atoms. The lowest BCUT2D eigenvalue weighted by molar-refractivity contribution is 0.375. The zero-order valence-electron chi connectivity index (χ0n) is 12.4. The lowest BCUT2D eigenvalue weighted by atomic mass is 9.90. The van der Waals surface area contributed by atoms with E-state index in [0.29, 0.717) is 10.7 Å². The highest BCUT2D eigenvalue weighted by molar-refractivity contribution is 8.14. The first kappa shape index (κ1) is 14.4. The maximum Gasteiger partial charge on any atom is 0.157 e. The van der Waals surface area contributed by atoms with Crippen LogP contribution in [0.5, 0.6) is 0 Å². The number of nitrogens with zero attached hydrogens (tertiary/aromatic N) is 2. The fourth-order valence-electron chi connectivity index (χ4n) is 2.22. The third-order valence-electron chi connectivity index (χ3n) is 3.15. The summed E-state index contributed by atoms with van der Waals surface area (Å²) in [6.45, 7) is 12.4. The second kappa shape index (κ2) is 5.57. The number of thioether (sulfide) groups is 1. The van der Waals surface area contributed by atoms with E-state index in [1.165, 1.54) is 6.42 Å². The largest absolute Gasteiger partial charge is 0.361 e. The molecule has 0 aliphatic carbocycles. The summed E-state index contributed by atoms with van der Waals surface area (Å²) in [7, 11) is 0. The summed E-state index contributed by atoms with van der Waals surface area (Å²) in [5.74, 6) is 0.889. The van der Waals surface area contributed by atoms with Crippen LogP contribution in [0.3, 0.4) is 0 Å². The monoisotopic (exact) mass is 281 g/mol. The second-order valence-electron chi connectivity index (χ2n) is 6.31. The minimum absolute atomic E-state index is 0.365. The second-order valence-corrected chi connectivity index (χ2v) is 7.60. The third-order valence-corrected chi connectivity index (χ3v) is 4.30. The van der Waals surface area contributed by atoms with Crippen molar-refractivity contribution in [3.63, 3.8) is 0 Å². The van der Waals surface area contributed by atoms with Crippen molar-refractivity contribution in [2.75, 3.05) is 6.54 Å². The Balaban J connectivity index is 1.83. The average Bonchev–Trinajstić information content (AvgIpc) is 2.83. The first-order valence-electron chi connectivity index (χ1n) is 6.72. The molecule has 1 aromatic rings. The van der Waals surface area contributed by atoms with Gasteiger partial charge < -0.3 is 9.84 Å². The molecular weight excluding hydrogens is 258 g/mol. The average molecular weight is 281 g/mol. The Morgan fingerprint density at radius 1 is 1.37 bits per heavy atom. The number of hydrogen-bond donors (Lipinski definition) is 1. The smallest absolute Gasteiger partial charge is 0.157 e. The quantitative estimate of drug-likeness (QED) is 0.923. The van der Waals surface area contributed by atoms with Gasteiger partial charge in [0.05, 0.1) is 12.2 Å². The molecule has 1 N–H and O–H groups in total. The molecule has 1 aliphatic rings. The molecule has 2 heterocycles. The first-order valence-corrected chi connectivity index (χ1v) is 7.60. The molecule has 0 bridgehead atoms. The lowest BCUT2D eigenvalue weighted by Crippen LogP contribution is -2.21. The number of amidine groups is 1. The van der Waals surface area contributed by atoms with Gasteiger partial charge in [-0.3, -0.25) is 4.99 Å². The SMILES string of the molecule is Cc1noc(C)c1CNC1=NCC(CC(C)(C)C)S1. The molecular formula is C14H23N3OS. The van der Waals surface area contributed by atoms with Gasteiger partial charge in [-0.1, -0.05) is 37.7 Å². The minimum Gasteiger partial charge on any atom is -0.361 e. The summed E-state index contributed by atoms with van der Waals surface area (Å²) in [5.41, 5.74) is 2.46. The summed E-state index contributed by atoms with van der Waals surface area (Å²) in [4.78, 5) is 4.58. The van der Waals surface area contributed by atoms with Crippen LogP contribution in [0, 0.1) is 19.3 Å². The third kappa shape index (κ3) is 4.00. The van der Waals surface area contributed by atoms with Gasteiger partial charge in [0.25, 0.3) is 0 Å².